The van der Waals surface area contributed by atoms with Gasteiger partial charge in [-0.15, -0.1) is 0 Å². The molecule has 20 heavy (non-hydrogen) atoms. The summed E-state index contributed by atoms with van der Waals surface area (Å²) < 4.78 is 10.1. The molecular formula is C13H13Cl2NO4. The number of hydrogen-bond acceptors (Lipinski definition) is 4. The molecule has 1 aromatic carbocycles. The molecule has 0 saturated carbocycles. The zero-order chi connectivity index (χ0) is 14.5. The predicted molar refractivity (Wildman–Crippen MR) is 74.1 cm³/mol. The van der Waals surface area contributed by atoms with E-state index in [1.54, 1.807) is 4.90 Å². The van der Waals surface area contributed by atoms with Crippen molar-refractivity contribution >= 4 is 35.1 Å². The van der Waals surface area contributed by atoms with Crippen molar-refractivity contribution in [2.45, 2.75) is 0 Å². The van der Waals surface area contributed by atoms with E-state index in [1.165, 1.54) is 18.2 Å². The number of amides is 1. The van der Waals surface area contributed by atoms with Crippen molar-refractivity contribution in [1.29, 1.82) is 0 Å². The number of carbonyl (C=O) groups excluding carboxylic acids is 2. The van der Waals surface area contributed by atoms with Crippen LogP contribution in [0.15, 0.2) is 18.2 Å². The number of nitrogens with zero attached hydrogens (tertiary/aromatic N) is 1. The van der Waals surface area contributed by atoms with E-state index in [0.29, 0.717) is 31.3 Å². The summed E-state index contributed by atoms with van der Waals surface area (Å²) in [7, 11) is 0. The lowest BCUT2D eigenvalue weighted by Crippen LogP contribution is -2.42. The summed E-state index contributed by atoms with van der Waals surface area (Å²) >= 11 is 11.6. The highest BCUT2D eigenvalue weighted by Gasteiger charge is 2.19. The van der Waals surface area contributed by atoms with Crippen LogP contribution < -0.4 is 0 Å². The van der Waals surface area contributed by atoms with Crippen LogP contribution in [0, 0.1) is 0 Å². The molecule has 0 radical (unpaired) electrons. The standard InChI is InChI=1S/C13H13Cl2NO4/c14-9-1-2-10(11(15)7-9)13(18)20-8-12(17)16-3-5-19-6-4-16/h1-2,7H,3-6,8H2. The normalized spacial score (nSPS) is 15.0. The molecular weight excluding hydrogens is 305 g/mol. The van der Waals surface area contributed by atoms with Crippen LogP contribution in [0.4, 0.5) is 0 Å². The minimum absolute atomic E-state index is 0.186. The maximum absolute atomic E-state index is 11.8. The summed E-state index contributed by atoms with van der Waals surface area (Å²) in [6, 6.07) is 4.45. The van der Waals surface area contributed by atoms with Gasteiger partial charge in [-0.05, 0) is 18.2 Å². The highest BCUT2D eigenvalue weighted by Crippen LogP contribution is 2.21. The summed E-state index contributed by atoms with van der Waals surface area (Å²) in [5.74, 6) is -0.889. The maximum atomic E-state index is 11.8. The topological polar surface area (TPSA) is 55.8 Å². The molecule has 0 aliphatic carbocycles. The van der Waals surface area contributed by atoms with Crippen LogP contribution in [0.5, 0.6) is 0 Å². The van der Waals surface area contributed by atoms with Crippen LogP contribution in [0.2, 0.25) is 10.0 Å². The summed E-state index contributed by atoms with van der Waals surface area (Å²) in [5, 5.41) is 0.622. The fraction of sp³-hybridized carbons (Fsp3) is 0.385. The van der Waals surface area contributed by atoms with Crippen LogP contribution in [-0.4, -0.2) is 49.7 Å². The van der Waals surface area contributed by atoms with Crippen LogP contribution in [-0.2, 0) is 14.3 Å². The van der Waals surface area contributed by atoms with Gasteiger partial charge in [0.05, 0.1) is 23.8 Å². The Balaban J connectivity index is 1.89. The number of hydrogen-bond donors (Lipinski definition) is 0. The Labute approximate surface area is 126 Å². The van der Waals surface area contributed by atoms with E-state index in [1.807, 2.05) is 0 Å². The Morgan fingerprint density at radius 3 is 2.60 bits per heavy atom. The quantitative estimate of drug-likeness (QED) is 0.800. The van der Waals surface area contributed by atoms with Gasteiger partial charge in [0, 0.05) is 18.1 Å². The minimum Gasteiger partial charge on any atom is -0.452 e. The third-order valence-electron chi connectivity index (χ3n) is 2.84. The van der Waals surface area contributed by atoms with Gasteiger partial charge in [-0.25, -0.2) is 4.79 Å². The summed E-state index contributed by atoms with van der Waals surface area (Å²) in [6.45, 7) is 1.72. The van der Waals surface area contributed by atoms with Gasteiger partial charge in [0.1, 0.15) is 0 Å². The van der Waals surface area contributed by atoms with Crippen LogP contribution in [0.25, 0.3) is 0 Å². The van der Waals surface area contributed by atoms with E-state index in [9.17, 15) is 9.59 Å². The highest BCUT2D eigenvalue weighted by molar-refractivity contribution is 6.36. The lowest BCUT2D eigenvalue weighted by atomic mass is 10.2. The van der Waals surface area contributed by atoms with Gasteiger partial charge in [-0.3, -0.25) is 4.79 Å². The molecule has 108 valence electrons. The Morgan fingerprint density at radius 1 is 1.25 bits per heavy atom. The number of benzene rings is 1. The summed E-state index contributed by atoms with van der Waals surface area (Å²) in [5.41, 5.74) is 0.186. The van der Waals surface area contributed by atoms with Crippen LogP contribution >= 0.6 is 23.2 Å². The van der Waals surface area contributed by atoms with Crippen molar-refractivity contribution < 1.29 is 19.1 Å². The van der Waals surface area contributed by atoms with E-state index in [-0.39, 0.29) is 23.1 Å². The molecule has 5 nitrogen and oxygen atoms in total. The first-order chi connectivity index (χ1) is 9.58. The Morgan fingerprint density at radius 2 is 1.95 bits per heavy atom. The SMILES string of the molecule is O=C(OCC(=O)N1CCOCC1)c1ccc(Cl)cc1Cl. The summed E-state index contributed by atoms with van der Waals surface area (Å²) in [4.78, 5) is 25.2. The number of halogens is 2. The molecule has 1 heterocycles. The first-order valence-electron chi connectivity index (χ1n) is 6.05. The molecule has 7 heteroatoms. The van der Waals surface area contributed by atoms with Gasteiger partial charge < -0.3 is 14.4 Å². The number of esters is 1. The zero-order valence-electron chi connectivity index (χ0n) is 10.6. The Kier molecular flexibility index (Phi) is 5.23. The molecule has 0 N–H and O–H groups in total. The number of rotatable bonds is 3. The Hall–Kier alpha value is -1.30. The molecule has 1 amide bonds. The second kappa shape index (κ2) is 6.92. The molecule has 1 aliphatic heterocycles. The van der Waals surface area contributed by atoms with E-state index < -0.39 is 5.97 Å². The highest BCUT2D eigenvalue weighted by atomic mass is 35.5. The van der Waals surface area contributed by atoms with Gasteiger partial charge in [0.15, 0.2) is 6.61 Å². The fourth-order valence-electron chi connectivity index (χ4n) is 1.76. The molecule has 1 fully saturated rings. The predicted octanol–water partition coefficient (Wildman–Crippen LogP) is 2.01. The second-order valence-corrected chi connectivity index (χ2v) is 5.04. The number of ether oxygens (including phenoxy) is 2. The summed E-state index contributed by atoms with van der Waals surface area (Å²) in [6.07, 6.45) is 0. The lowest BCUT2D eigenvalue weighted by molar-refractivity contribution is -0.138. The minimum atomic E-state index is -0.645. The molecule has 0 spiro atoms. The van der Waals surface area contributed by atoms with Crippen molar-refractivity contribution in [1.82, 2.24) is 4.90 Å². The first kappa shape index (κ1) is 15.1. The average molecular weight is 318 g/mol. The monoisotopic (exact) mass is 317 g/mol. The number of morpholine rings is 1. The lowest BCUT2D eigenvalue weighted by Gasteiger charge is -2.26. The van der Waals surface area contributed by atoms with Crippen molar-refractivity contribution in [3.8, 4) is 0 Å². The molecule has 1 saturated heterocycles. The molecule has 0 bridgehead atoms. The van der Waals surface area contributed by atoms with E-state index in [0.717, 1.165) is 0 Å². The van der Waals surface area contributed by atoms with E-state index in [4.69, 9.17) is 32.7 Å². The first-order valence-corrected chi connectivity index (χ1v) is 6.81. The number of carbonyl (C=O) groups is 2. The van der Waals surface area contributed by atoms with Crippen molar-refractivity contribution in [2.24, 2.45) is 0 Å². The van der Waals surface area contributed by atoms with Crippen molar-refractivity contribution in [3.63, 3.8) is 0 Å². The van der Waals surface area contributed by atoms with Crippen molar-refractivity contribution in [2.75, 3.05) is 32.9 Å². The molecule has 2 rings (SSSR count). The third-order valence-corrected chi connectivity index (χ3v) is 3.39. The molecule has 0 aromatic heterocycles. The average Bonchev–Trinajstić information content (AvgIpc) is 2.45. The largest absolute Gasteiger partial charge is 0.452 e. The molecule has 1 aliphatic rings. The van der Waals surface area contributed by atoms with Gasteiger partial charge in [0.25, 0.3) is 5.91 Å². The van der Waals surface area contributed by atoms with Crippen molar-refractivity contribution in [3.05, 3.63) is 33.8 Å². The van der Waals surface area contributed by atoms with Gasteiger partial charge in [-0.2, -0.15) is 0 Å². The molecule has 0 unspecified atom stereocenters. The zero-order valence-corrected chi connectivity index (χ0v) is 12.1. The second-order valence-electron chi connectivity index (χ2n) is 4.19. The van der Waals surface area contributed by atoms with Crippen LogP contribution in [0.3, 0.4) is 0 Å². The third kappa shape index (κ3) is 3.85. The maximum Gasteiger partial charge on any atom is 0.340 e. The van der Waals surface area contributed by atoms with Gasteiger partial charge >= 0.3 is 5.97 Å². The smallest absolute Gasteiger partial charge is 0.340 e. The molecule has 1 aromatic rings. The Bertz CT molecular complexity index is 515. The fourth-order valence-corrected chi connectivity index (χ4v) is 2.25. The van der Waals surface area contributed by atoms with Gasteiger partial charge in [0.2, 0.25) is 0 Å². The van der Waals surface area contributed by atoms with Gasteiger partial charge in [-0.1, -0.05) is 23.2 Å². The van der Waals surface area contributed by atoms with Crippen LogP contribution in [0.1, 0.15) is 10.4 Å². The molecule has 0 atom stereocenters. The van der Waals surface area contributed by atoms with E-state index >= 15 is 0 Å². The van der Waals surface area contributed by atoms with E-state index in [2.05, 4.69) is 0 Å².